The average molecular weight is 341 g/mol. The standard InChI is InChI=1S/C16H22ClN3O3/c17-13-3-5-14(6-4-13)23-9-7-19-15(21)11-20-8-1-2-12(10-20)16(18)22/h3-6,12H,1-2,7-11H2,(H2,18,22)(H,19,21)/p+1/t12-/m0/s1. The number of carbonyl (C=O) groups excluding carboxylic acids is 2. The molecule has 6 nitrogen and oxygen atoms in total. The summed E-state index contributed by atoms with van der Waals surface area (Å²) in [5, 5.41) is 3.49. The van der Waals surface area contributed by atoms with E-state index in [2.05, 4.69) is 5.32 Å². The topological polar surface area (TPSA) is 85.9 Å². The molecule has 7 heteroatoms. The van der Waals surface area contributed by atoms with Gasteiger partial charge in [-0.15, -0.1) is 0 Å². The second-order valence-electron chi connectivity index (χ2n) is 5.77. The van der Waals surface area contributed by atoms with Crippen LogP contribution in [0.1, 0.15) is 12.8 Å². The van der Waals surface area contributed by atoms with Crippen molar-refractivity contribution in [3.8, 4) is 5.75 Å². The Morgan fingerprint density at radius 2 is 2.09 bits per heavy atom. The van der Waals surface area contributed by atoms with Crippen molar-refractivity contribution in [1.29, 1.82) is 0 Å². The first-order chi connectivity index (χ1) is 11.0. The molecule has 0 aromatic heterocycles. The summed E-state index contributed by atoms with van der Waals surface area (Å²) in [5.74, 6) is 0.304. The summed E-state index contributed by atoms with van der Waals surface area (Å²) in [6, 6.07) is 7.08. The fraction of sp³-hybridized carbons (Fsp3) is 0.500. The van der Waals surface area contributed by atoms with Crippen LogP contribution in [-0.4, -0.2) is 44.6 Å². The molecule has 1 aliphatic rings. The van der Waals surface area contributed by atoms with Gasteiger partial charge in [-0.3, -0.25) is 9.59 Å². The number of benzene rings is 1. The fourth-order valence-electron chi connectivity index (χ4n) is 2.73. The summed E-state index contributed by atoms with van der Waals surface area (Å²) in [5.41, 5.74) is 5.35. The van der Waals surface area contributed by atoms with Gasteiger partial charge in [-0.05, 0) is 37.1 Å². The minimum absolute atomic E-state index is 0.0372. The highest BCUT2D eigenvalue weighted by molar-refractivity contribution is 6.30. The zero-order valence-corrected chi connectivity index (χ0v) is 13.8. The van der Waals surface area contributed by atoms with Crippen LogP contribution in [0.15, 0.2) is 24.3 Å². The van der Waals surface area contributed by atoms with E-state index in [0.29, 0.717) is 31.3 Å². The van der Waals surface area contributed by atoms with E-state index in [1.165, 1.54) is 0 Å². The number of halogens is 1. The van der Waals surface area contributed by atoms with Gasteiger partial charge in [0.05, 0.1) is 25.6 Å². The van der Waals surface area contributed by atoms with Crippen LogP contribution in [0.4, 0.5) is 0 Å². The number of quaternary nitrogens is 1. The summed E-state index contributed by atoms with van der Waals surface area (Å²) >= 11 is 5.79. The molecule has 0 radical (unpaired) electrons. The van der Waals surface area contributed by atoms with Crippen LogP contribution in [0.25, 0.3) is 0 Å². The molecule has 2 atom stereocenters. The van der Waals surface area contributed by atoms with Crippen molar-refractivity contribution in [2.24, 2.45) is 11.7 Å². The first-order valence-electron chi connectivity index (χ1n) is 7.82. The summed E-state index contributed by atoms with van der Waals surface area (Å²) in [7, 11) is 0. The molecule has 0 saturated carbocycles. The molecular formula is C16H23ClN3O3+. The summed E-state index contributed by atoms with van der Waals surface area (Å²) < 4.78 is 5.51. The molecule has 1 aromatic rings. The van der Waals surface area contributed by atoms with Gasteiger partial charge >= 0.3 is 0 Å². The van der Waals surface area contributed by atoms with Crippen molar-refractivity contribution < 1.29 is 19.2 Å². The molecule has 1 fully saturated rings. The molecule has 0 bridgehead atoms. The molecule has 1 unspecified atom stereocenters. The number of nitrogens with two attached hydrogens (primary N) is 1. The van der Waals surface area contributed by atoms with Gasteiger partial charge in [0.1, 0.15) is 12.4 Å². The number of piperidine rings is 1. The molecule has 2 amide bonds. The fourth-order valence-corrected chi connectivity index (χ4v) is 2.86. The third kappa shape index (κ3) is 6.08. The highest BCUT2D eigenvalue weighted by atomic mass is 35.5. The minimum atomic E-state index is -0.265. The van der Waals surface area contributed by atoms with Crippen LogP contribution in [0.2, 0.25) is 5.02 Å². The molecule has 1 heterocycles. The zero-order chi connectivity index (χ0) is 16.7. The lowest BCUT2D eigenvalue weighted by atomic mass is 9.97. The Morgan fingerprint density at radius 3 is 2.78 bits per heavy atom. The highest BCUT2D eigenvalue weighted by Gasteiger charge is 2.28. The van der Waals surface area contributed by atoms with Crippen molar-refractivity contribution in [1.82, 2.24) is 5.32 Å². The third-order valence-electron chi connectivity index (χ3n) is 3.94. The van der Waals surface area contributed by atoms with E-state index in [9.17, 15) is 9.59 Å². The molecule has 0 spiro atoms. The second kappa shape index (κ2) is 8.74. The van der Waals surface area contributed by atoms with E-state index < -0.39 is 0 Å². The maximum atomic E-state index is 11.9. The van der Waals surface area contributed by atoms with Crippen LogP contribution >= 0.6 is 11.6 Å². The number of hydrogen-bond acceptors (Lipinski definition) is 3. The third-order valence-corrected chi connectivity index (χ3v) is 4.19. The monoisotopic (exact) mass is 340 g/mol. The lowest BCUT2D eigenvalue weighted by Gasteiger charge is -2.27. The van der Waals surface area contributed by atoms with Crippen molar-refractivity contribution in [2.75, 3.05) is 32.8 Å². The van der Waals surface area contributed by atoms with Gasteiger partial charge < -0.3 is 20.7 Å². The molecule has 23 heavy (non-hydrogen) atoms. The van der Waals surface area contributed by atoms with E-state index in [1.807, 2.05) is 0 Å². The van der Waals surface area contributed by atoms with E-state index in [4.69, 9.17) is 22.1 Å². The highest BCUT2D eigenvalue weighted by Crippen LogP contribution is 2.15. The maximum absolute atomic E-state index is 11.9. The van der Waals surface area contributed by atoms with Crippen molar-refractivity contribution in [3.63, 3.8) is 0 Å². The first kappa shape index (κ1) is 17.6. The van der Waals surface area contributed by atoms with E-state index >= 15 is 0 Å². The van der Waals surface area contributed by atoms with E-state index in [1.54, 1.807) is 24.3 Å². The Kier molecular flexibility index (Phi) is 6.67. The predicted octanol–water partition coefficient (Wildman–Crippen LogP) is -0.385. The number of primary amides is 1. The molecule has 0 aliphatic carbocycles. The largest absolute Gasteiger partial charge is 0.492 e. The van der Waals surface area contributed by atoms with Gasteiger partial charge in [-0.1, -0.05) is 11.6 Å². The van der Waals surface area contributed by atoms with E-state index in [0.717, 1.165) is 30.0 Å². The van der Waals surface area contributed by atoms with Gasteiger partial charge in [0.25, 0.3) is 5.91 Å². The van der Waals surface area contributed by atoms with Crippen LogP contribution < -0.4 is 20.7 Å². The number of carbonyl (C=O) groups is 2. The Balaban J connectivity index is 1.63. The average Bonchev–Trinajstić information content (AvgIpc) is 2.53. The van der Waals surface area contributed by atoms with Gasteiger partial charge in [0.15, 0.2) is 6.54 Å². The Morgan fingerprint density at radius 1 is 1.35 bits per heavy atom. The number of rotatable bonds is 7. The predicted molar refractivity (Wildman–Crippen MR) is 87.4 cm³/mol. The number of likely N-dealkylation sites (tertiary alicyclic amines) is 1. The van der Waals surface area contributed by atoms with Gasteiger partial charge in [0.2, 0.25) is 5.91 Å². The van der Waals surface area contributed by atoms with Crippen LogP contribution in [0.3, 0.4) is 0 Å². The molecule has 1 saturated heterocycles. The van der Waals surface area contributed by atoms with Gasteiger partial charge in [0, 0.05) is 5.02 Å². The molecule has 126 valence electrons. The van der Waals surface area contributed by atoms with Crippen LogP contribution in [0, 0.1) is 5.92 Å². The maximum Gasteiger partial charge on any atom is 0.275 e. The van der Waals surface area contributed by atoms with Crippen molar-refractivity contribution >= 4 is 23.4 Å². The quantitative estimate of drug-likeness (QED) is 0.591. The van der Waals surface area contributed by atoms with Crippen molar-refractivity contribution in [3.05, 3.63) is 29.3 Å². The van der Waals surface area contributed by atoms with Gasteiger partial charge in [-0.25, -0.2) is 0 Å². The SMILES string of the molecule is NC(=O)[C@H]1CCC[NH+](CC(=O)NCCOc2ccc(Cl)cc2)C1. The minimum Gasteiger partial charge on any atom is -0.492 e. The number of amides is 2. The van der Waals surface area contributed by atoms with Crippen molar-refractivity contribution in [2.45, 2.75) is 12.8 Å². The molecule has 1 aliphatic heterocycles. The molecule has 2 rings (SSSR count). The number of nitrogens with one attached hydrogen (secondary N) is 2. The molecular weight excluding hydrogens is 318 g/mol. The lowest BCUT2D eigenvalue weighted by Crippen LogP contribution is -3.15. The Hall–Kier alpha value is -1.79. The summed E-state index contributed by atoms with van der Waals surface area (Å²) in [6.45, 7) is 2.74. The van der Waals surface area contributed by atoms with Crippen LogP contribution in [-0.2, 0) is 9.59 Å². The second-order valence-corrected chi connectivity index (χ2v) is 6.21. The summed E-state index contributed by atoms with van der Waals surface area (Å²) in [6.07, 6.45) is 1.76. The van der Waals surface area contributed by atoms with Crippen LogP contribution in [0.5, 0.6) is 5.75 Å². The Bertz CT molecular complexity index is 536. The smallest absolute Gasteiger partial charge is 0.275 e. The first-order valence-corrected chi connectivity index (χ1v) is 8.20. The molecule has 4 N–H and O–H groups in total. The zero-order valence-electron chi connectivity index (χ0n) is 13.0. The number of hydrogen-bond donors (Lipinski definition) is 3. The Labute approximate surface area is 140 Å². The lowest BCUT2D eigenvalue weighted by molar-refractivity contribution is -0.899. The van der Waals surface area contributed by atoms with Gasteiger partial charge in [-0.2, -0.15) is 0 Å². The molecule has 1 aromatic carbocycles. The normalized spacial score (nSPS) is 20.7. The summed E-state index contributed by atoms with van der Waals surface area (Å²) in [4.78, 5) is 24.3. The number of ether oxygens (including phenoxy) is 1. The van der Waals surface area contributed by atoms with E-state index in [-0.39, 0.29) is 17.7 Å².